The van der Waals surface area contributed by atoms with Gasteiger partial charge in [-0.25, -0.2) is 9.59 Å². The summed E-state index contributed by atoms with van der Waals surface area (Å²) in [6.07, 6.45) is 2.49. The first-order chi connectivity index (χ1) is 9.07. The molecule has 0 bridgehead atoms. The molecule has 0 aromatic heterocycles. The maximum Gasteiger partial charge on any atom is 0.510 e. The fourth-order valence-electron chi connectivity index (χ4n) is 0.881. The fraction of sp³-hybridized carbons (Fsp3) is 0.400. The van der Waals surface area contributed by atoms with Crippen molar-refractivity contribution in [2.24, 2.45) is 0 Å². The quantitative estimate of drug-likeness (QED) is 0.670. The number of aliphatic carboxylic acids is 2. The van der Waals surface area contributed by atoms with Crippen LogP contribution in [0.5, 0.6) is 0 Å². The first-order valence-electron chi connectivity index (χ1n) is 5.03. The Labute approximate surface area is 116 Å². The van der Waals surface area contributed by atoms with Crippen LogP contribution in [0.2, 0.25) is 0 Å². The molecule has 0 aliphatic carbocycles. The van der Waals surface area contributed by atoms with E-state index < -0.39 is 50.7 Å². The van der Waals surface area contributed by atoms with Crippen molar-refractivity contribution in [3.8, 4) is 0 Å². The number of carbonyl (C=O) groups is 4. The molecule has 0 saturated heterocycles. The van der Waals surface area contributed by atoms with Crippen molar-refractivity contribution in [3.05, 3.63) is 0 Å². The van der Waals surface area contributed by atoms with Crippen molar-refractivity contribution in [3.63, 3.8) is 0 Å². The Balaban J connectivity index is 5.26. The van der Waals surface area contributed by atoms with E-state index in [0.717, 1.165) is 0 Å². The van der Waals surface area contributed by atoms with Crippen LogP contribution in [-0.4, -0.2) is 71.7 Å². The standard InChI is InChI=1S/C10H12O8P2/c1-19(2)9(15)17-5(7(11)12)6(8(13)14)18-10(16)20(3)4/h5-6H,1,3H2,2,4H3/p+2. The number of carboxylic acid groups (broad SMARTS) is 2. The smallest absolute Gasteiger partial charge is 0.478 e. The van der Waals surface area contributed by atoms with Gasteiger partial charge in [-0.3, -0.25) is 0 Å². The van der Waals surface area contributed by atoms with Crippen molar-refractivity contribution in [1.29, 1.82) is 0 Å². The summed E-state index contributed by atoms with van der Waals surface area (Å²) >= 11 is 0. The Kier molecular flexibility index (Phi) is 7.04. The summed E-state index contributed by atoms with van der Waals surface area (Å²) in [6, 6.07) is 0. The van der Waals surface area contributed by atoms with Crippen LogP contribution in [0.25, 0.3) is 0 Å². The van der Waals surface area contributed by atoms with Crippen molar-refractivity contribution in [1.82, 2.24) is 0 Å². The Morgan fingerprint density at radius 2 is 1.10 bits per heavy atom. The predicted molar refractivity (Wildman–Crippen MR) is 75.7 cm³/mol. The summed E-state index contributed by atoms with van der Waals surface area (Å²) in [5.41, 5.74) is -1.91. The van der Waals surface area contributed by atoms with Crippen LogP contribution in [0.4, 0.5) is 9.59 Å². The van der Waals surface area contributed by atoms with Crippen LogP contribution in [0, 0.1) is 0 Å². The molecule has 0 aromatic carbocycles. The van der Waals surface area contributed by atoms with E-state index in [1.807, 2.05) is 0 Å². The number of carboxylic acids is 2. The molecule has 4 unspecified atom stereocenters. The van der Waals surface area contributed by atoms with Gasteiger partial charge in [0, 0.05) is 0 Å². The summed E-state index contributed by atoms with van der Waals surface area (Å²) < 4.78 is 9.07. The Morgan fingerprint density at radius 1 is 0.850 bits per heavy atom. The lowest BCUT2D eigenvalue weighted by Crippen LogP contribution is -2.44. The van der Waals surface area contributed by atoms with Crippen LogP contribution in [-0.2, 0) is 19.1 Å². The number of hydrogen-bond donors (Lipinski definition) is 2. The van der Waals surface area contributed by atoms with Gasteiger partial charge in [-0.05, 0) is 0 Å². The number of rotatable bonds is 7. The van der Waals surface area contributed by atoms with Crippen LogP contribution in [0.15, 0.2) is 0 Å². The summed E-state index contributed by atoms with van der Waals surface area (Å²) in [5.74, 6) is -3.47. The van der Waals surface area contributed by atoms with E-state index in [1.54, 1.807) is 0 Å². The van der Waals surface area contributed by atoms with Gasteiger partial charge in [0.1, 0.15) is 13.3 Å². The zero-order chi connectivity index (χ0) is 16.0. The molecule has 0 rings (SSSR count). The highest BCUT2D eigenvalue weighted by Crippen LogP contribution is 2.23. The molecule has 0 spiro atoms. The third-order valence-electron chi connectivity index (χ3n) is 1.84. The minimum Gasteiger partial charge on any atom is -0.478 e. The molecular weight excluding hydrogens is 310 g/mol. The van der Waals surface area contributed by atoms with Gasteiger partial charge in [-0.1, -0.05) is 0 Å². The lowest BCUT2D eigenvalue weighted by molar-refractivity contribution is -0.164. The maximum atomic E-state index is 11.3. The van der Waals surface area contributed by atoms with E-state index in [9.17, 15) is 19.2 Å². The summed E-state index contributed by atoms with van der Waals surface area (Å²) in [7, 11) is -3.02. The highest BCUT2D eigenvalue weighted by molar-refractivity contribution is 7.71. The zero-order valence-electron chi connectivity index (χ0n) is 10.8. The molecule has 110 valence electrons. The average molecular weight is 324 g/mol. The third kappa shape index (κ3) is 5.47. The van der Waals surface area contributed by atoms with Crippen molar-refractivity contribution in [2.75, 3.05) is 13.3 Å². The number of carbonyl (C=O) groups excluding carboxylic acids is 2. The minimum absolute atomic E-state index is 0.955. The Bertz CT molecular complexity index is 440. The van der Waals surface area contributed by atoms with Crippen molar-refractivity contribution >= 4 is 51.0 Å². The molecule has 20 heavy (non-hydrogen) atoms. The maximum absolute atomic E-state index is 11.3. The molecule has 0 aromatic rings. The second-order valence-corrected chi connectivity index (χ2v) is 7.20. The van der Waals surface area contributed by atoms with Crippen LogP contribution in [0.1, 0.15) is 0 Å². The Hall–Kier alpha value is -1.78. The van der Waals surface area contributed by atoms with Gasteiger partial charge in [0.05, 0.1) is 12.6 Å². The SMILES string of the molecule is C=[P+](C)C(=O)OC(C(=O)O)C(OC(=O)[P+](=C)C)C(=O)O. The van der Waals surface area contributed by atoms with Gasteiger partial charge in [0.2, 0.25) is 27.3 Å². The van der Waals surface area contributed by atoms with E-state index >= 15 is 0 Å². The normalized spacial score (nSPS) is 14.5. The molecule has 8 nitrogen and oxygen atoms in total. The van der Waals surface area contributed by atoms with Gasteiger partial charge in [0.25, 0.3) is 0 Å². The molecule has 0 heterocycles. The molecule has 10 heteroatoms. The van der Waals surface area contributed by atoms with E-state index in [0.29, 0.717) is 0 Å². The molecule has 0 aliphatic rings. The second kappa shape index (κ2) is 7.72. The molecule has 0 fully saturated rings. The van der Waals surface area contributed by atoms with E-state index in [2.05, 4.69) is 22.1 Å². The van der Waals surface area contributed by atoms with Gasteiger partial charge < -0.3 is 19.7 Å². The predicted octanol–water partition coefficient (Wildman–Crippen LogP) is 1.25. The molecule has 0 radical (unpaired) electrons. The highest BCUT2D eigenvalue weighted by atomic mass is 31.1. The summed E-state index contributed by atoms with van der Waals surface area (Å²) in [6.45, 7) is 2.80. The molecule has 4 atom stereocenters. The largest absolute Gasteiger partial charge is 0.510 e. The van der Waals surface area contributed by atoms with E-state index in [1.165, 1.54) is 13.3 Å². The van der Waals surface area contributed by atoms with E-state index in [4.69, 9.17) is 10.2 Å². The van der Waals surface area contributed by atoms with Crippen LogP contribution < -0.4 is 0 Å². The lowest BCUT2D eigenvalue weighted by Gasteiger charge is -2.17. The first-order valence-corrected chi connectivity index (χ1v) is 8.98. The van der Waals surface area contributed by atoms with Gasteiger partial charge >= 0.3 is 23.4 Å². The Morgan fingerprint density at radius 3 is 1.25 bits per heavy atom. The fourth-order valence-corrected chi connectivity index (χ4v) is 1.47. The first kappa shape index (κ1) is 18.2. The third-order valence-corrected chi connectivity index (χ3v) is 3.30. The highest BCUT2D eigenvalue weighted by Gasteiger charge is 2.43. The monoisotopic (exact) mass is 324 g/mol. The van der Waals surface area contributed by atoms with Crippen LogP contribution in [0.3, 0.4) is 0 Å². The van der Waals surface area contributed by atoms with Crippen LogP contribution >= 0.6 is 15.1 Å². The topological polar surface area (TPSA) is 127 Å². The molecular formula is C10H14O8P2+2. The molecule has 0 amide bonds. The second-order valence-electron chi connectivity index (χ2n) is 3.68. The van der Waals surface area contributed by atoms with Gasteiger partial charge in [-0.2, -0.15) is 9.59 Å². The lowest BCUT2D eigenvalue weighted by atomic mass is 10.2. The molecule has 0 saturated carbocycles. The van der Waals surface area contributed by atoms with Gasteiger partial charge in [-0.15, -0.1) is 0 Å². The molecule has 0 aliphatic heterocycles. The number of hydrogen-bond acceptors (Lipinski definition) is 6. The van der Waals surface area contributed by atoms with Crippen molar-refractivity contribution < 1.29 is 38.9 Å². The molecule has 2 N–H and O–H groups in total. The van der Waals surface area contributed by atoms with Gasteiger partial charge in [0.15, 0.2) is 0 Å². The minimum atomic E-state index is -2.13. The summed E-state index contributed by atoms with van der Waals surface area (Å²) in [5, 5.41) is 17.8. The van der Waals surface area contributed by atoms with Crippen molar-refractivity contribution in [2.45, 2.75) is 12.2 Å². The summed E-state index contributed by atoms with van der Waals surface area (Å²) in [4.78, 5) is 44.7. The zero-order valence-corrected chi connectivity index (χ0v) is 12.6. The van der Waals surface area contributed by atoms with E-state index in [-0.39, 0.29) is 0 Å². The average Bonchev–Trinajstić information content (AvgIpc) is 2.31. The number of ether oxygens (including phenoxy) is 2.